The molecule has 1 saturated heterocycles. The SMILES string of the molecule is CC(=O)NCCCC[C@@H](NC(=O)OC(C)(C)C)C(=O)Nc1nc(=O)n([C@@H]2O[C@H](CO)C(O)[C@@H]2O)cc1F. The molecule has 2 rings (SSSR count). The summed E-state index contributed by atoms with van der Waals surface area (Å²) in [6.45, 7) is 5.97. The smallest absolute Gasteiger partial charge is 0.408 e. The van der Waals surface area contributed by atoms with Gasteiger partial charge in [-0.1, -0.05) is 0 Å². The van der Waals surface area contributed by atoms with Gasteiger partial charge in [0.15, 0.2) is 17.9 Å². The predicted octanol–water partition coefficient (Wildman–Crippen LogP) is -0.868. The topological polar surface area (TPSA) is 201 Å². The Bertz CT molecular complexity index is 1030. The maximum atomic E-state index is 14.8. The van der Waals surface area contributed by atoms with E-state index in [1.165, 1.54) is 6.92 Å². The van der Waals surface area contributed by atoms with Gasteiger partial charge in [0.25, 0.3) is 0 Å². The van der Waals surface area contributed by atoms with E-state index in [0.29, 0.717) is 30.2 Å². The fraction of sp³-hybridized carbons (Fsp3) is 0.682. The van der Waals surface area contributed by atoms with E-state index in [2.05, 4.69) is 20.9 Å². The normalized spacial score (nSPS) is 22.3. The molecule has 1 fully saturated rings. The number of carbonyl (C=O) groups excluding carboxylic acids is 3. The molecule has 0 spiro atoms. The summed E-state index contributed by atoms with van der Waals surface area (Å²) in [6.07, 6.45) is -5.13. The van der Waals surface area contributed by atoms with Crippen LogP contribution in [-0.4, -0.2) is 85.9 Å². The van der Waals surface area contributed by atoms with Gasteiger partial charge in [0.1, 0.15) is 30.0 Å². The van der Waals surface area contributed by atoms with Crippen LogP contribution >= 0.6 is 0 Å². The van der Waals surface area contributed by atoms with Crippen molar-refractivity contribution >= 4 is 23.7 Å². The average Bonchev–Trinajstić information content (AvgIpc) is 3.07. The van der Waals surface area contributed by atoms with Crippen LogP contribution in [0.1, 0.15) is 53.2 Å². The van der Waals surface area contributed by atoms with Crippen LogP contribution in [0.4, 0.5) is 15.0 Å². The van der Waals surface area contributed by atoms with Crippen molar-refractivity contribution in [1.82, 2.24) is 20.2 Å². The molecule has 1 aliphatic heterocycles. The number of ether oxygens (including phenoxy) is 2. The molecule has 1 aromatic heterocycles. The molecule has 0 aliphatic carbocycles. The first-order valence-electron chi connectivity index (χ1n) is 11.7. The second-order valence-electron chi connectivity index (χ2n) is 9.52. The maximum Gasteiger partial charge on any atom is 0.408 e. The summed E-state index contributed by atoms with van der Waals surface area (Å²) < 4.78 is 25.8. The number of anilines is 1. The third-order valence-corrected chi connectivity index (χ3v) is 5.24. The lowest BCUT2D eigenvalue weighted by Gasteiger charge is -2.23. The Balaban J connectivity index is 2.16. The standard InChI is InChI=1S/C22H34FN5O9/c1-11(30)24-8-6-5-7-13(25-21(35)37-22(2,3)4)18(33)26-17-12(23)9-28(20(34)27-17)19-16(32)15(31)14(10-29)36-19/h9,13-16,19,29,31-32H,5-8,10H2,1-4H3,(H,24,30)(H,25,35)(H,26,27,33,34)/t13-,14-,15?,16+,19-/m1/s1. The first-order chi connectivity index (χ1) is 17.2. The highest BCUT2D eigenvalue weighted by Crippen LogP contribution is 2.28. The maximum absolute atomic E-state index is 14.8. The third-order valence-electron chi connectivity index (χ3n) is 5.24. The van der Waals surface area contributed by atoms with Gasteiger partial charge in [-0.3, -0.25) is 14.2 Å². The van der Waals surface area contributed by atoms with Crippen molar-refractivity contribution < 1.29 is 43.6 Å². The zero-order chi connectivity index (χ0) is 27.9. The molecule has 2 heterocycles. The van der Waals surface area contributed by atoms with E-state index < -0.39 is 72.1 Å². The second-order valence-corrected chi connectivity index (χ2v) is 9.52. The Hall–Kier alpha value is -3.14. The fourth-order valence-corrected chi connectivity index (χ4v) is 3.49. The molecule has 1 unspecified atom stereocenters. The summed E-state index contributed by atoms with van der Waals surface area (Å²) in [5.41, 5.74) is -1.96. The number of hydrogen-bond acceptors (Lipinski definition) is 10. The van der Waals surface area contributed by atoms with E-state index in [-0.39, 0.29) is 12.3 Å². The molecule has 15 heteroatoms. The number of nitrogens with one attached hydrogen (secondary N) is 3. The van der Waals surface area contributed by atoms with Gasteiger partial charge in [-0.2, -0.15) is 4.98 Å². The third kappa shape index (κ3) is 8.73. The summed E-state index contributed by atoms with van der Waals surface area (Å²) in [4.78, 5) is 52.1. The van der Waals surface area contributed by atoms with Gasteiger partial charge in [0.05, 0.1) is 12.8 Å². The van der Waals surface area contributed by atoms with Gasteiger partial charge >= 0.3 is 11.8 Å². The van der Waals surface area contributed by atoms with Crippen molar-refractivity contribution in [2.24, 2.45) is 0 Å². The Morgan fingerprint density at radius 1 is 1.24 bits per heavy atom. The molecular weight excluding hydrogens is 497 g/mol. The lowest BCUT2D eigenvalue weighted by molar-refractivity contribution is -0.119. The molecule has 3 amide bonds. The number of hydrogen-bond donors (Lipinski definition) is 6. The minimum absolute atomic E-state index is 0.103. The number of halogens is 1. The van der Waals surface area contributed by atoms with Gasteiger partial charge < -0.3 is 40.7 Å². The van der Waals surface area contributed by atoms with E-state index >= 15 is 0 Å². The molecule has 0 bridgehead atoms. The molecule has 0 radical (unpaired) electrons. The number of nitrogens with zero attached hydrogens (tertiary/aromatic N) is 2. The van der Waals surface area contributed by atoms with Crippen LogP contribution in [0.25, 0.3) is 0 Å². The Kier molecular flexibility index (Phi) is 10.5. The highest BCUT2D eigenvalue weighted by molar-refractivity contribution is 5.95. The molecule has 1 aliphatic rings. The van der Waals surface area contributed by atoms with Crippen LogP contribution in [0.2, 0.25) is 0 Å². The Morgan fingerprint density at radius 2 is 1.92 bits per heavy atom. The van der Waals surface area contributed by atoms with Gasteiger partial charge in [-0.15, -0.1) is 0 Å². The van der Waals surface area contributed by atoms with Crippen LogP contribution in [0.3, 0.4) is 0 Å². The summed E-state index contributed by atoms with van der Waals surface area (Å²) in [5, 5.41) is 36.3. The van der Waals surface area contributed by atoms with Crippen LogP contribution in [-0.2, 0) is 19.1 Å². The summed E-state index contributed by atoms with van der Waals surface area (Å²) in [5.74, 6) is -2.98. The monoisotopic (exact) mass is 531 g/mol. The molecule has 37 heavy (non-hydrogen) atoms. The van der Waals surface area contributed by atoms with Crippen molar-refractivity contribution in [3.63, 3.8) is 0 Å². The predicted molar refractivity (Wildman–Crippen MR) is 126 cm³/mol. The average molecular weight is 532 g/mol. The lowest BCUT2D eigenvalue weighted by Crippen LogP contribution is -2.46. The minimum atomic E-state index is -1.64. The molecule has 1 aromatic rings. The zero-order valence-electron chi connectivity index (χ0n) is 21.1. The number of unbranched alkanes of at least 4 members (excludes halogenated alkanes) is 1. The molecule has 14 nitrogen and oxygen atoms in total. The van der Waals surface area contributed by atoms with E-state index in [4.69, 9.17) is 9.47 Å². The number of alkyl carbamates (subject to hydrolysis) is 1. The number of amides is 3. The fourth-order valence-electron chi connectivity index (χ4n) is 3.49. The van der Waals surface area contributed by atoms with Crippen molar-refractivity contribution in [1.29, 1.82) is 0 Å². The molecule has 208 valence electrons. The number of carbonyl (C=O) groups is 3. The second kappa shape index (κ2) is 12.9. The van der Waals surface area contributed by atoms with Crippen molar-refractivity contribution in [3.8, 4) is 0 Å². The first kappa shape index (κ1) is 30.1. The number of aliphatic hydroxyl groups excluding tert-OH is 3. The van der Waals surface area contributed by atoms with Crippen LogP contribution in [0.15, 0.2) is 11.0 Å². The van der Waals surface area contributed by atoms with E-state index in [1.807, 2.05) is 0 Å². The lowest BCUT2D eigenvalue weighted by atomic mass is 10.1. The van der Waals surface area contributed by atoms with Gasteiger partial charge in [-0.25, -0.2) is 14.0 Å². The van der Waals surface area contributed by atoms with Gasteiger partial charge in [0.2, 0.25) is 11.8 Å². The minimum Gasteiger partial charge on any atom is -0.444 e. The highest BCUT2D eigenvalue weighted by Gasteiger charge is 2.44. The summed E-state index contributed by atoms with van der Waals surface area (Å²) in [7, 11) is 0. The van der Waals surface area contributed by atoms with Gasteiger partial charge in [-0.05, 0) is 40.0 Å². The molecular formula is C22H34FN5O9. The van der Waals surface area contributed by atoms with Crippen LogP contribution in [0.5, 0.6) is 0 Å². The summed E-state index contributed by atoms with van der Waals surface area (Å²) >= 11 is 0. The van der Waals surface area contributed by atoms with E-state index in [1.54, 1.807) is 20.8 Å². The first-order valence-corrected chi connectivity index (χ1v) is 11.7. The highest BCUT2D eigenvalue weighted by atomic mass is 19.1. The van der Waals surface area contributed by atoms with E-state index in [0.717, 1.165) is 0 Å². The summed E-state index contributed by atoms with van der Waals surface area (Å²) in [6, 6.07) is -1.18. The van der Waals surface area contributed by atoms with E-state index in [9.17, 15) is 38.9 Å². The quantitative estimate of drug-likeness (QED) is 0.206. The Labute approximate surface area is 212 Å². The zero-order valence-corrected chi connectivity index (χ0v) is 21.1. The molecule has 5 atom stereocenters. The molecule has 0 aromatic carbocycles. The van der Waals surface area contributed by atoms with Crippen LogP contribution in [0, 0.1) is 5.82 Å². The van der Waals surface area contributed by atoms with Crippen molar-refractivity contribution in [2.45, 2.75) is 83.1 Å². The molecule has 6 N–H and O–H groups in total. The van der Waals surface area contributed by atoms with Crippen molar-refractivity contribution in [2.75, 3.05) is 18.5 Å². The van der Waals surface area contributed by atoms with Gasteiger partial charge in [0, 0.05) is 13.5 Å². The Morgan fingerprint density at radius 3 is 2.49 bits per heavy atom. The largest absolute Gasteiger partial charge is 0.444 e. The number of rotatable bonds is 10. The molecule has 0 saturated carbocycles. The number of aromatic nitrogens is 2. The van der Waals surface area contributed by atoms with Crippen molar-refractivity contribution in [3.05, 3.63) is 22.5 Å². The number of aliphatic hydroxyl groups is 3. The van der Waals surface area contributed by atoms with Crippen LogP contribution < -0.4 is 21.6 Å².